The van der Waals surface area contributed by atoms with Crippen molar-refractivity contribution in [1.82, 2.24) is 9.29 Å². The van der Waals surface area contributed by atoms with Crippen LogP contribution in [0.4, 0.5) is 0 Å². The Kier molecular flexibility index (Phi) is 3.70. The van der Waals surface area contributed by atoms with E-state index in [0.29, 0.717) is 6.54 Å². The highest BCUT2D eigenvalue weighted by Gasteiger charge is 2.35. The average molecular weight is 275 g/mol. The van der Waals surface area contributed by atoms with Gasteiger partial charge in [0, 0.05) is 25.0 Å². The molecule has 0 N–H and O–H groups in total. The fourth-order valence-electron chi connectivity index (χ4n) is 2.21. The second-order valence-electron chi connectivity index (χ2n) is 4.13. The van der Waals surface area contributed by atoms with Crippen LogP contribution in [0.3, 0.4) is 0 Å². The molecule has 1 aromatic heterocycles. The molecule has 94 valence electrons. The molecular weight excluding hydrogens is 260 g/mol. The van der Waals surface area contributed by atoms with E-state index in [0.717, 1.165) is 19.3 Å². The van der Waals surface area contributed by atoms with Crippen LogP contribution in [0.1, 0.15) is 26.2 Å². The van der Waals surface area contributed by atoms with E-state index in [9.17, 15) is 8.42 Å². The molecule has 0 spiro atoms. The summed E-state index contributed by atoms with van der Waals surface area (Å²) in [7, 11) is -3.49. The molecule has 1 aliphatic rings. The van der Waals surface area contributed by atoms with Crippen LogP contribution in [0, 0.1) is 0 Å². The molecular formula is C11H15ClN2O2S. The number of aromatic nitrogens is 1. The first-order valence-corrected chi connectivity index (χ1v) is 7.50. The van der Waals surface area contributed by atoms with Crippen molar-refractivity contribution in [3.63, 3.8) is 0 Å². The first kappa shape index (κ1) is 12.8. The molecule has 1 aliphatic heterocycles. The van der Waals surface area contributed by atoms with Gasteiger partial charge in [-0.05, 0) is 25.3 Å². The molecule has 4 nitrogen and oxygen atoms in total. The SMILES string of the molecule is CCC1CCCN1S(=O)(=O)c1cnccc1Cl. The molecule has 2 rings (SSSR count). The van der Waals surface area contributed by atoms with E-state index in [1.54, 1.807) is 4.31 Å². The summed E-state index contributed by atoms with van der Waals surface area (Å²) in [6.45, 7) is 2.58. The first-order chi connectivity index (χ1) is 8.07. The fourth-order valence-corrected chi connectivity index (χ4v) is 4.39. The second kappa shape index (κ2) is 4.92. The lowest BCUT2D eigenvalue weighted by Crippen LogP contribution is -2.35. The van der Waals surface area contributed by atoms with Gasteiger partial charge in [-0.15, -0.1) is 0 Å². The molecule has 6 heteroatoms. The molecule has 17 heavy (non-hydrogen) atoms. The first-order valence-electron chi connectivity index (χ1n) is 5.68. The van der Waals surface area contributed by atoms with Gasteiger partial charge < -0.3 is 0 Å². The highest BCUT2D eigenvalue weighted by Crippen LogP contribution is 2.30. The Labute approximate surface area is 107 Å². The number of halogens is 1. The minimum Gasteiger partial charge on any atom is -0.263 e. The molecule has 2 heterocycles. The normalized spacial score (nSPS) is 21.9. The van der Waals surface area contributed by atoms with Crippen LogP contribution in [-0.4, -0.2) is 30.3 Å². The van der Waals surface area contributed by atoms with E-state index in [2.05, 4.69) is 4.98 Å². The smallest absolute Gasteiger partial charge is 0.246 e. The van der Waals surface area contributed by atoms with Gasteiger partial charge in [-0.1, -0.05) is 18.5 Å². The largest absolute Gasteiger partial charge is 0.263 e. The lowest BCUT2D eigenvalue weighted by Gasteiger charge is -2.23. The van der Waals surface area contributed by atoms with Crippen molar-refractivity contribution in [3.05, 3.63) is 23.5 Å². The molecule has 1 saturated heterocycles. The third-order valence-corrected chi connectivity index (χ3v) is 5.54. The number of nitrogens with zero attached hydrogens (tertiary/aromatic N) is 2. The summed E-state index contributed by atoms with van der Waals surface area (Å²) in [4.78, 5) is 3.96. The van der Waals surface area contributed by atoms with E-state index in [4.69, 9.17) is 11.6 Å². The average Bonchev–Trinajstić information content (AvgIpc) is 2.78. The zero-order valence-corrected chi connectivity index (χ0v) is 11.2. The van der Waals surface area contributed by atoms with Crippen LogP contribution in [0.15, 0.2) is 23.4 Å². The Morgan fingerprint density at radius 1 is 1.59 bits per heavy atom. The van der Waals surface area contributed by atoms with Crippen LogP contribution >= 0.6 is 11.6 Å². The van der Waals surface area contributed by atoms with Crippen molar-refractivity contribution >= 4 is 21.6 Å². The second-order valence-corrected chi connectivity index (χ2v) is 6.39. The Morgan fingerprint density at radius 2 is 2.35 bits per heavy atom. The molecule has 0 radical (unpaired) electrons. The van der Waals surface area contributed by atoms with Crippen LogP contribution < -0.4 is 0 Å². The van der Waals surface area contributed by atoms with Crippen LogP contribution in [0.5, 0.6) is 0 Å². The van der Waals surface area contributed by atoms with Gasteiger partial charge in [0.1, 0.15) is 4.90 Å². The Hall–Kier alpha value is -0.650. The molecule has 1 aromatic rings. The summed E-state index contributed by atoms with van der Waals surface area (Å²) in [5, 5.41) is 0.238. The molecule has 1 unspecified atom stereocenters. The number of hydrogen-bond donors (Lipinski definition) is 0. The van der Waals surface area contributed by atoms with Crippen LogP contribution in [0.25, 0.3) is 0 Å². The van der Waals surface area contributed by atoms with Crippen molar-refractivity contribution in [3.8, 4) is 0 Å². The predicted octanol–water partition coefficient (Wildman–Crippen LogP) is 2.30. The number of hydrogen-bond acceptors (Lipinski definition) is 3. The highest BCUT2D eigenvalue weighted by molar-refractivity contribution is 7.89. The quantitative estimate of drug-likeness (QED) is 0.850. The molecule has 1 fully saturated rings. The Morgan fingerprint density at radius 3 is 3.00 bits per heavy atom. The van der Waals surface area contributed by atoms with E-state index in [1.807, 2.05) is 6.92 Å². The van der Waals surface area contributed by atoms with Crippen LogP contribution in [0.2, 0.25) is 5.02 Å². The summed E-state index contributed by atoms with van der Waals surface area (Å²) in [5.74, 6) is 0. The lowest BCUT2D eigenvalue weighted by atomic mass is 10.2. The van der Waals surface area contributed by atoms with Gasteiger partial charge in [-0.25, -0.2) is 8.42 Å². The molecule has 0 amide bonds. The highest BCUT2D eigenvalue weighted by atomic mass is 35.5. The van der Waals surface area contributed by atoms with Crippen molar-refractivity contribution in [2.24, 2.45) is 0 Å². The zero-order valence-electron chi connectivity index (χ0n) is 9.63. The Bertz CT molecular complexity index is 504. The third kappa shape index (κ3) is 2.32. The molecule has 1 atom stereocenters. The zero-order chi connectivity index (χ0) is 12.5. The number of rotatable bonds is 3. The standard InChI is InChI=1S/C11H15ClN2O2S/c1-2-9-4-3-7-14(9)17(15,16)11-8-13-6-5-10(11)12/h5-6,8-9H,2-4,7H2,1H3. The monoisotopic (exact) mass is 274 g/mol. The minimum absolute atomic E-state index is 0.0938. The fraction of sp³-hybridized carbons (Fsp3) is 0.545. The summed E-state index contributed by atoms with van der Waals surface area (Å²) < 4.78 is 26.4. The van der Waals surface area contributed by atoms with Crippen molar-refractivity contribution < 1.29 is 8.42 Å². The lowest BCUT2D eigenvalue weighted by molar-refractivity contribution is 0.379. The maximum Gasteiger partial charge on any atom is 0.246 e. The summed E-state index contributed by atoms with van der Waals surface area (Å²) in [6.07, 6.45) is 5.48. The summed E-state index contributed by atoms with van der Waals surface area (Å²) >= 11 is 5.93. The molecule has 0 aliphatic carbocycles. The minimum atomic E-state index is -3.49. The predicted molar refractivity (Wildman–Crippen MR) is 66.5 cm³/mol. The van der Waals surface area contributed by atoms with Crippen molar-refractivity contribution in [2.45, 2.75) is 37.1 Å². The summed E-state index contributed by atoms with van der Waals surface area (Å²) in [5.41, 5.74) is 0. The van der Waals surface area contributed by atoms with Gasteiger partial charge in [0.2, 0.25) is 10.0 Å². The van der Waals surface area contributed by atoms with E-state index >= 15 is 0 Å². The maximum atomic E-state index is 12.4. The van der Waals surface area contributed by atoms with Gasteiger partial charge in [0.15, 0.2) is 0 Å². The third-order valence-electron chi connectivity index (χ3n) is 3.12. The van der Waals surface area contributed by atoms with Gasteiger partial charge >= 0.3 is 0 Å². The topological polar surface area (TPSA) is 50.3 Å². The van der Waals surface area contributed by atoms with Gasteiger partial charge in [-0.2, -0.15) is 4.31 Å². The van der Waals surface area contributed by atoms with Crippen molar-refractivity contribution in [1.29, 1.82) is 0 Å². The number of pyridine rings is 1. The Balaban J connectivity index is 2.40. The van der Waals surface area contributed by atoms with Gasteiger partial charge in [0.05, 0.1) is 5.02 Å². The summed E-state index contributed by atoms with van der Waals surface area (Å²) in [6, 6.07) is 1.60. The van der Waals surface area contributed by atoms with Gasteiger partial charge in [0.25, 0.3) is 0 Å². The van der Waals surface area contributed by atoms with Gasteiger partial charge in [-0.3, -0.25) is 4.98 Å². The molecule has 0 bridgehead atoms. The number of sulfonamides is 1. The molecule has 0 aromatic carbocycles. The van der Waals surface area contributed by atoms with E-state index in [-0.39, 0.29) is 16.0 Å². The van der Waals surface area contributed by atoms with E-state index < -0.39 is 10.0 Å². The van der Waals surface area contributed by atoms with E-state index in [1.165, 1.54) is 18.5 Å². The molecule has 0 saturated carbocycles. The van der Waals surface area contributed by atoms with Crippen LogP contribution in [-0.2, 0) is 10.0 Å². The maximum absolute atomic E-state index is 12.4. The van der Waals surface area contributed by atoms with Crippen molar-refractivity contribution in [2.75, 3.05) is 6.54 Å².